The van der Waals surface area contributed by atoms with Crippen molar-refractivity contribution in [3.05, 3.63) is 60.2 Å². The van der Waals surface area contributed by atoms with Crippen LogP contribution in [0.4, 0.5) is 5.69 Å². The van der Waals surface area contributed by atoms with Crippen molar-refractivity contribution in [2.45, 2.75) is 11.3 Å². The molecule has 0 heterocycles. The Morgan fingerprint density at radius 2 is 1.64 bits per heavy atom. The second kappa shape index (κ2) is 10.5. The van der Waals surface area contributed by atoms with E-state index >= 15 is 0 Å². The number of benzene rings is 2. The third-order valence-electron chi connectivity index (χ3n) is 3.70. The Balaban J connectivity index is 1.81. The van der Waals surface area contributed by atoms with E-state index in [0.717, 1.165) is 5.56 Å². The molecule has 0 aliphatic carbocycles. The van der Waals surface area contributed by atoms with E-state index in [1.54, 1.807) is 0 Å². The first-order chi connectivity index (χ1) is 13.4. The van der Waals surface area contributed by atoms with Crippen LogP contribution in [0.3, 0.4) is 0 Å². The Morgan fingerprint density at radius 1 is 0.964 bits per heavy atom. The summed E-state index contributed by atoms with van der Waals surface area (Å²) in [6.45, 7) is 0.258. The second-order valence-electron chi connectivity index (χ2n) is 5.90. The maximum absolute atomic E-state index is 12.1. The summed E-state index contributed by atoms with van der Waals surface area (Å²) >= 11 is 0. The average Bonchev–Trinajstić information content (AvgIpc) is 2.68. The molecule has 0 aliphatic rings. The van der Waals surface area contributed by atoms with Crippen LogP contribution < -0.4 is 15.4 Å². The van der Waals surface area contributed by atoms with Gasteiger partial charge >= 0.3 is 0 Å². The van der Waals surface area contributed by atoms with Crippen molar-refractivity contribution >= 4 is 27.5 Å². The summed E-state index contributed by atoms with van der Waals surface area (Å²) in [6.07, 6.45) is 0.191. The van der Waals surface area contributed by atoms with Crippen LogP contribution in [0, 0.1) is 0 Å². The lowest BCUT2D eigenvalue weighted by molar-refractivity contribution is -0.123. The number of methoxy groups -OCH3 is 1. The molecule has 0 saturated carbocycles. The number of nitrogens with one attached hydrogen (secondary N) is 3. The largest absolute Gasteiger partial charge is 0.383 e. The van der Waals surface area contributed by atoms with Gasteiger partial charge in [-0.05, 0) is 29.8 Å². The van der Waals surface area contributed by atoms with E-state index in [-0.39, 0.29) is 36.9 Å². The maximum atomic E-state index is 12.1. The molecule has 2 rings (SSSR count). The Kier molecular flexibility index (Phi) is 8.12. The monoisotopic (exact) mass is 405 g/mol. The summed E-state index contributed by atoms with van der Waals surface area (Å²) in [5, 5.41) is 5.15. The van der Waals surface area contributed by atoms with Gasteiger partial charge in [0, 0.05) is 19.3 Å². The SMILES string of the molecule is COCCNS(=O)(=O)c1ccc(NC(=O)CNC(=O)Cc2ccccc2)cc1. The van der Waals surface area contributed by atoms with Crippen LogP contribution in [0.1, 0.15) is 5.56 Å². The summed E-state index contributed by atoms with van der Waals surface area (Å²) in [6, 6.07) is 14.9. The van der Waals surface area contributed by atoms with Crippen LogP contribution in [0.5, 0.6) is 0 Å². The molecule has 0 bridgehead atoms. The number of sulfonamides is 1. The highest BCUT2D eigenvalue weighted by Gasteiger charge is 2.13. The van der Waals surface area contributed by atoms with E-state index in [9.17, 15) is 18.0 Å². The molecule has 0 spiro atoms. The second-order valence-corrected chi connectivity index (χ2v) is 7.67. The lowest BCUT2D eigenvalue weighted by Gasteiger charge is -2.09. The van der Waals surface area contributed by atoms with Gasteiger partial charge in [0.15, 0.2) is 0 Å². The lowest BCUT2D eigenvalue weighted by atomic mass is 10.1. The molecular weight excluding hydrogens is 382 g/mol. The van der Waals surface area contributed by atoms with Gasteiger partial charge in [-0.1, -0.05) is 30.3 Å². The fourth-order valence-corrected chi connectivity index (χ4v) is 3.32. The van der Waals surface area contributed by atoms with Crippen LogP contribution in [-0.2, 0) is 30.8 Å². The van der Waals surface area contributed by atoms with E-state index in [2.05, 4.69) is 15.4 Å². The number of amides is 2. The minimum atomic E-state index is -3.63. The third kappa shape index (κ3) is 7.10. The standard InChI is InChI=1S/C19H23N3O5S/c1-27-12-11-21-28(25,26)17-9-7-16(8-10-17)22-19(24)14-20-18(23)13-15-5-3-2-4-6-15/h2-10,21H,11-14H2,1H3,(H,20,23)(H,22,24). The Morgan fingerprint density at radius 3 is 2.29 bits per heavy atom. The number of carbonyl (C=O) groups is 2. The van der Waals surface area contributed by atoms with E-state index in [1.165, 1.54) is 31.4 Å². The van der Waals surface area contributed by atoms with Gasteiger partial charge in [0.05, 0.1) is 24.5 Å². The minimum Gasteiger partial charge on any atom is -0.383 e. The molecule has 0 saturated heterocycles. The molecule has 0 aliphatic heterocycles. The van der Waals surface area contributed by atoms with E-state index in [0.29, 0.717) is 5.69 Å². The minimum absolute atomic E-state index is 0.0813. The number of hydrogen-bond donors (Lipinski definition) is 3. The molecule has 2 aromatic rings. The fraction of sp³-hybridized carbons (Fsp3) is 0.263. The molecule has 0 radical (unpaired) electrons. The summed E-state index contributed by atoms with van der Waals surface area (Å²) < 4.78 is 31.3. The summed E-state index contributed by atoms with van der Waals surface area (Å²) in [7, 11) is -2.15. The van der Waals surface area contributed by atoms with Gasteiger partial charge in [-0.25, -0.2) is 13.1 Å². The Labute approximate surface area is 164 Å². The van der Waals surface area contributed by atoms with Gasteiger partial charge in [-0.15, -0.1) is 0 Å². The van der Waals surface area contributed by atoms with Gasteiger partial charge in [-0.2, -0.15) is 0 Å². The first-order valence-electron chi connectivity index (χ1n) is 8.60. The highest BCUT2D eigenvalue weighted by molar-refractivity contribution is 7.89. The van der Waals surface area contributed by atoms with Crippen molar-refractivity contribution in [1.29, 1.82) is 0 Å². The summed E-state index contributed by atoms with van der Waals surface area (Å²) in [5.41, 5.74) is 1.29. The highest BCUT2D eigenvalue weighted by atomic mass is 32.2. The van der Waals surface area contributed by atoms with Gasteiger partial charge < -0.3 is 15.4 Å². The molecule has 28 heavy (non-hydrogen) atoms. The first-order valence-corrected chi connectivity index (χ1v) is 10.1. The van der Waals surface area contributed by atoms with Crippen molar-refractivity contribution in [2.75, 3.05) is 32.1 Å². The molecule has 2 amide bonds. The molecule has 150 valence electrons. The predicted octanol–water partition coefficient (Wildman–Crippen LogP) is 0.909. The first kappa shape index (κ1) is 21.5. The van der Waals surface area contributed by atoms with Gasteiger partial charge in [0.25, 0.3) is 0 Å². The van der Waals surface area contributed by atoms with Crippen LogP contribution in [0.25, 0.3) is 0 Å². The molecule has 0 atom stereocenters. The molecule has 9 heteroatoms. The number of anilines is 1. The van der Waals surface area contributed by atoms with Crippen LogP contribution >= 0.6 is 0 Å². The van der Waals surface area contributed by atoms with Crippen molar-refractivity contribution in [2.24, 2.45) is 0 Å². The van der Waals surface area contributed by atoms with Crippen LogP contribution in [0.15, 0.2) is 59.5 Å². The van der Waals surface area contributed by atoms with Gasteiger partial charge in [0.1, 0.15) is 0 Å². The van der Waals surface area contributed by atoms with Crippen molar-refractivity contribution < 1.29 is 22.7 Å². The molecule has 2 aromatic carbocycles. The topological polar surface area (TPSA) is 114 Å². The van der Waals surface area contributed by atoms with E-state index in [1.807, 2.05) is 30.3 Å². The summed E-state index contributed by atoms with van der Waals surface area (Å²) in [4.78, 5) is 23.9. The molecule has 0 fully saturated rings. The average molecular weight is 405 g/mol. The van der Waals surface area contributed by atoms with E-state index < -0.39 is 15.9 Å². The fourth-order valence-electron chi connectivity index (χ4n) is 2.31. The summed E-state index contributed by atoms with van der Waals surface area (Å²) in [5.74, 6) is -0.667. The van der Waals surface area contributed by atoms with Crippen molar-refractivity contribution in [3.8, 4) is 0 Å². The zero-order valence-electron chi connectivity index (χ0n) is 15.5. The van der Waals surface area contributed by atoms with Gasteiger partial charge in [0.2, 0.25) is 21.8 Å². The molecular formula is C19H23N3O5S. The quantitative estimate of drug-likeness (QED) is 0.509. The predicted molar refractivity (Wildman–Crippen MR) is 105 cm³/mol. The number of hydrogen-bond acceptors (Lipinski definition) is 5. The Hall–Kier alpha value is -2.75. The smallest absolute Gasteiger partial charge is 0.243 e. The molecule has 0 unspecified atom stereocenters. The van der Waals surface area contributed by atoms with Crippen molar-refractivity contribution in [3.63, 3.8) is 0 Å². The van der Waals surface area contributed by atoms with E-state index in [4.69, 9.17) is 4.74 Å². The van der Waals surface area contributed by atoms with Gasteiger partial charge in [-0.3, -0.25) is 9.59 Å². The zero-order valence-corrected chi connectivity index (χ0v) is 16.3. The molecule has 0 aromatic heterocycles. The number of rotatable bonds is 10. The molecule has 3 N–H and O–H groups in total. The normalized spacial score (nSPS) is 11.0. The Bertz CT molecular complexity index is 884. The third-order valence-corrected chi connectivity index (χ3v) is 5.18. The zero-order chi connectivity index (χ0) is 20.4. The van der Waals surface area contributed by atoms with Crippen LogP contribution in [-0.4, -0.2) is 47.0 Å². The maximum Gasteiger partial charge on any atom is 0.243 e. The lowest BCUT2D eigenvalue weighted by Crippen LogP contribution is -2.33. The molecule has 8 nitrogen and oxygen atoms in total. The number of carbonyl (C=O) groups excluding carboxylic acids is 2. The highest BCUT2D eigenvalue weighted by Crippen LogP contribution is 2.13. The number of ether oxygens (including phenoxy) is 1. The van der Waals surface area contributed by atoms with Crippen molar-refractivity contribution in [1.82, 2.24) is 10.0 Å². The van der Waals surface area contributed by atoms with Crippen LogP contribution in [0.2, 0.25) is 0 Å².